The first-order valence-electron chi connectivity index (χ1n) is 21.4. The fraction of sp³-hybridized carbons (Fsp3) is 0.825. The number of aliphatic hydroxyl groups excluding tert-OH is 4. The molecule has 342 valence electrons. The molecule has 0 radical (unpaired) electrons. The fourth-order valence-electron chi connectivity index (χ4n) is 6.35. The molecule has 1 unspecified atom stereocenters. The van der Waals surface area contributed by atoms with Gasteiger partial charge in [-0.1, -0.05) is 104 Å². The van der Waals surface area contributed by atoms with Crippen molar-refractivity contribution in [3.05, 3.63) is 0 Å². The second kappa shape index (κ2) is 33.0. The number of Topliss-reactive ketones (excluding diaryl/α,β-unsaturated/α-hetero) is 1. The van der Waals surface area contributed by atoms with Crippen LogP contribution in [0.1, 0.15) is 150 Å². The van der Waals surface area contributed by atoms with Crippen LogP contribution in [0.3, 0.4) is 0 Å². The van der Waals surface area contributed by atoms with E-state index in [9.17, 15) is 54.0 Å². The van der Waals surface area contributed by atoms with Crippen molar-refractivity contribution < 1.29 is 54.0 Å². The quantitative estimate of drug-likeness (QED) is 0.0278. The predicted molar refractivity (Wildman–Crippen MR) is 222 cm³/mol. The minimum Gasteiger partial charge on any atom is -0.394 e. The van der Waals surface area contributed by atoms with Crippen molar-refractivity contribution in [1.82, 2.24) is 31.9 Å². The van der Waals surface area contributed by atoms with Gasteiger partial charge >= 0.3 is 0 Å². The lowest BCUT2D eigenvalue weighted by Crippen LogP contribution is -2.64. The summed E-state index contributed by atoms with van der Waals surface area (Å²) in [5.41, 5.74) is 10.7. The van der Waals surface area contributed by atoms with Crippen LogP contribution >= 0.6 is 0 Å². The molecule has 59 heavy (non-hydrogen) atoms. The van der Waals surface area contributed by atoms with Crippen LogP contribution in [0.2, 0.25) is 0 Å². The number of ketones is 1. The zero-order valence-corrected chi connectivity index (χ0v) is 35.8. The average Bonchev–Trinajstić information content (AvgIpc) is 3.17. The molecule has 14 N–H and O–H groups in total. The van der Waals surface area contributed by atoms with E-state index >= 15 is 0 Å². The molecule has 0 aliphatic heterocycles. The van der Waals surface area contributed by atoms with E-state index in [-0.39, 0.29) is 18.1 Å². The first-order chi connectivity index (χ1) is 28.0. The lowest BCUT2D eigenvalue weighted by atomic mass is 10.0. The molecule has 0 spiro atoms. The number of primary amides is 2. The lowest BCUT2D eigenvalue weighted by molar-refractivity contribution is -0.132. The van der Waals surface area contributed by atoms with E-state index in [0.29, 0.717) is 19.3 Å². The highest BCUT2D eigenvalue weighted by atomic mass is 16.3. The standard InChI is InChI=1S/C40H76N8O11/c1-5-7-9-10-11-12-13-14-15-16-17-18-19-21-34(54)43-24-35(55)44-31(25-49)39(58)47-29(22-32(41)52)37(56)46-30(23-33(42)53)38(57)48-36(27(4)51)40(59)45-28(26(3)50)20-8-6-2/h27-31,36-38,46,48-49,51,56-57H,5-25H2,1-4H3,(H2,41,52)(H2,42,53)(H,43,54)(H,44,55)(H,45,59)(H,47,58)/t27?,28-,29-,30-,31-,36-,37-,38-/m0/s1. The number of carbonyl (C=O) groups excluding carboxylic acids is 7. The van der Waals surface area contributed by atoms with Gasteiger partial charge in [-0.05, 0) is 26.7 Å². The summed E-state index contributed by atoms with van der Waals surface area (Å²) >= 11 is 0. The molecule has 0 saturated carbocycles. The number of amides is 6. The SMILES string of the molecule is CCCCCCCCCCCCCCCC(=O)NCC(=O)N[C@@H](CO)C(=O)N[C@@H](CC(N)=O)[C@H](O)N[C@@H](CC(N)=O)[C@H](O)N[C@H](C(=O)N[C@@H](CCCC)C(C)=O)C(C)O. The zero-order chi connectivity index (χ0) is 44.8. The molecule has 19 nitrogen and oxygen atoms in total. The van der Waals surface area contributed by atoms with Gasteiger partial charge in [-0.15, -0.1) is 0 Å². The molecule has 6 amide bonds. The lowest BCUT2D eigenvalue weighted by Gasteiger charge is -2.33. The Morgan fingerprint density at radius 1 is 0.576 bits per heavy atom. The third-order valence-electron chi connectivity index (χ3n) is 9.87. The van der Waals surface area contributed by atoms with Crippen LogP contribution in [-0.2, 0) is 33.6 Å². The van der Waals surface area contributed by atoms with E-state index in [1.54, 1.807) is 0 Å². The van der Waals surface area contributed by atoms with E-state index in [2.05, 4.69) is 38.8 Å². The second-order valence-electron chi connectivity index (χ2n) is 15.4. The van der Waals surface area contributed by atoms with Crippen LogP contribution in [-0.4, -0.2) is 124 Å². The molecule has 0 aromatic rings. The van der Waals surface area contributed by atoms with Gasteiger partial charge in [0.05, 0.1) is 43.8 Å². The summed E-state index contributed by atoms with van der Waals surface area (Å²) < 4.78 is 0. The van der Waals surface area contributed by atoms with Crippen molar-refractivity contribution in [2.24, 2.45) is 11.5 Å². The third-order valence-corrected chi connectivity index (χ3v) is 9.87. The normalized spacial score (nSPS) is 15.4. The highest BCUT2D eigenvalue weighted by Crippen LogP contribution is 2.13. The molecule has 0 aliphatic rings. The Hall–Kier alpha value is -3.75. The number of hydrogen-bond acceptors (Lipinski definition) is 13. The summed E-state index contributed by atoms with van der Waals surface area (Å²) in [4.78, 5) is 86.9. The highest BCUT2D eigenvalue weighted by molar-refractivity contribution is 5.91. The molecular formula is C40H76N8O11. The molecule has 0 heterocycles. The van der Waals surface area contributed by atoms with Crippen molar-refractivity contribution in [1.29, 1.82) is 0 Å². The first kappa shape index (κ1) is 55.2. The van der Waals surface area contributed by atoms with Gasteiger partial charge in [0, 0.05) is 12.8 Å². The monoisotopic (exact) mass is 845 g/mol. The highest BCUT2D eigenvalue weighted by Gasteiger charge is 2.35. The Kier molecular flexibility index (Phi) is 30.9. The fourth-order valence-corrected chi connectivity index (χ4v) is 6.35. The maximum atomic E-state index is 13.1. The Labute approximate surface area is 349 Å². The van der Waals surface area contributed by atoms with Crippen LogP contribution < -0.4 is 43.4 Å². The average molecular weight is 845 g/mol. The van der Waals surface area contributed by atoms with Gasteiger partial charge in [0.2, 0.25) is 35.4 Å². The number of nitrogens with one attached hydrogen (secondary N) is 6. The Balaban J connectivity index is 5.19. The third kappa shape index (κ3) is 26.9. The summed E-state index contributed by atoms with van der Waals surface area (Å²) in [7, 11) is 0. The molecule has 0 aromatic carbocycles. The van der Waals surface area contributed by atoms with Crippen LogP contribution in [0.25, 0.3) is 0 Å². The van der Waals surface area contributed by atoms with Gasteiger partial charge in [0.15, 0.2) is 5.78 Å². The van der Waals surface area contributed by atoms with E-state index in [1.807, 2.05) is 6.92 Å². The van der Waals surface area contributed by atoms with Crippen LogP contribution in [0, 0.1) is 0 Å². The Bertz CT molecular complexity index is 1260. The molecular weight excluding hydrogens is 768 g/mol. The maximum Gasteiger partial charge on any atom is 0.245 e. The van der Waals surface area contributed by atoms with Gasteiger partial charge in [-0.3, -0.25) is 44.2 Å². The van der Waals surface area contributed by atoms with E-state index in [0.717, 1.165) is 25.7 Å². The minimum absolute atomic E-state index is 0.224. The molecule has 0 aromatic heterocycles. The molecule has 0 aliphatic carbocycles. The van der Waals surface area contributed by atoms with Gasteiger partial charge in [-0.25, -0.2) is 0 Å². The zero-order valence-electron chi connectivity index (χ0n) is 35.8. The summed E-state index contributed by atoms with van der Waals surface area (Å²) in [5.74, 6) is -5.31. The summed E-state index contributed by atoms with van der Waals surface area (Å²) in [6, 6.07) is -7.00. The molecule has 8 atom stereocenters. The second-order valence-corrected chi connectivity index (χ2v) is 15.4. The summed E-state index contributed by atoms with van der Waals surface area (Å²) in [6.07, 6.45) is 10.5. The van der Waals surface area contributed by atoms with Gasteiger partial charge in [0.25, 0.3) is 0 Å². The van der Waals surface area contributed by atoms with Crippen LogP contribution in [0.5, 0.6) is 0 Å². The maximum absolute atomic E-state index is 13.1. The Morgan fingerprint density at radius 2 is 1.07 bits per heavy atom. The topological polar surface area (TPSA) is 325 Å². The molecule has 0 rings (SSSR count). The number of hydrogen-bond donors (Lipinski definition) is 12. The van der Waals surface area contributed by atoms with E-state index < -0.39 is 104 Å². The van der Waals surface area contributed by atoms with Gasteiger partial charge < -0.3 is 53.2 Å². The largest absolute Gasteiger partial charge is 0.394 e. The molecule has 0 bridgehead atoms. The predicted octanol–water partition coefficient (Wildman–Crippen LogP) is -0.505. The molecule has 0 saturated heterocycles. The number of rotatable bonds is 37. The van der Waals surface area contributed by atoms with Crippen molar-refractivity contribution in [3.63, 3.8) is 0 Å². The number of aliphatic hydroxyl groups is 4. The first-order valence-corrected chi connectivity index (χ1v) is 21.4. The van der Waals surface area contributed by atoms with Crippen LogP contribution in [0.4, 0.5) is 0 Å². The minimum atomic E-state index is -1.93. The van der Waals surface area contributed by atoms with Crippen molar-refractivity contribution in [2.75, 3.05) is 13.2 Å². The molecule has 0 fully saturated rings. The van der Waals surface area contributed by atoms with Crippen LogP contribution in [0.15, 0.2) is 0 Å². The summed E-state index contributed by atoms with van der Waals surface area (Å²) in [6.45, 7) is 5.28. The van der Waals surface area contributed by atoms with Gasteiger partial charge in [0.1, 0.15) is 24.5 Å². The summed E-state index contributed by atoms with van der Waals surface area (Å²) in [5, 5.41) is 56.8. The van der Waals surface area contributed by atoms with Crippen molar-refractivity contribution in [2.45, 2.75) is 198 Å². The van der Waals surface area contributed by atoms with E-state index in [4.69, 9.17) is 11.5 Å². The van der Waals surface area contributed by atoms with Crippen molar-refractivity contribution >= 4 is 41.2 Å². The number of unbranched alkanes of at least 4 members (excludes halogenated alkanes) is 13. The smallest absolute Gasteiger partial charge is 0.245 e. The number of carbonyl (C=O) groups is 7. The van der Waals surface area contributed by atoms with Gasteiger partial charge in [-0.2, -0.15) is 0 Å². The van der Waals surface area contributed by atoms with Crippen molar-refractivity contribution in [3.8, 4) is 0 Å². The Morgan fingerprint density at radius 3 is 1.54 bits per heavy atom. The van der Waals surface area contributed by atoms with E-state index in [1.165, 1.54) is 71.6 Å². The number of nitrogens with two attached hydrogens (primary N) is 2. The molecule has 19 heteroatoms.